The molecule has 106 valence electrons. The molecule has 0 atom stereocenters. The fraction of sp³-hybridized carbons (Fsp3) is 0.417. The van der Waals surface area contributed by atoms with Crippen LogP contribution in [0.4, 0.5) is 4.39 Å². The van der Waals surface area contributed by atoms with Crippen LogP contribution in [0.15, 0.2) is 23.1 Å². The number of hydrogen-bond acceptors (Lipinski definition) is 3. The first kappa shape index (κ1) is 15.6. The van der Waals surface area contributed by atoms with Crippen molar-refractivity contribution in [1.82, 2.24) is 4.90 Å². The quantitative estimate of drug-likeness (QED) is 0.888. The van der Waals surface area contributed by atoms with Crippen molar-refractivity contribution in [2.75, 3.05) is 13.1 Å². The first-order valence-electron chi connectivity index (χ1n) is 5.92. The van der Waals surface area contributed by atoms with E-state index in [1.54, 1.807) is 4.90 Å². The van der Waals surface area contributed by atoms with Crippen LogP contribution in [0.2, 0.25) is 0 Å². The summed E-state index contributed by atoms with van der Waals surface area (Å²) in [6.07, 6.45) is 0.781. The Morgan fingerprint density at radius 2 is 2.00 bits per heavy atom. The molecule has 0 bridgehead atoms. The Labute approximate surface area is 112 Å². The molecule has 0 fully saturated rings. The topological polar surface area (TPSA) is 80.5 Å². The van der Waals surface area contributed by atoms with Crippen molar-refractivity contribution in [3.05, 3.63) is 29.6 Å². The van der Waals surface area contributed by atoms with Gasteiger partial charge in [0.1, 0.15) is 10.7 Å². The molecule has 0 aliphatic rings. The van der Waals surface area contributed by atoms with Gasteiger partial charge in [0, 0.05) is 18.7 Å². The van der Waals surface area contributed by atoms with Crippen LogP contribution in [0.5, 0.6) is 0 Å². The first-order valence-corrected chi connectivity index (χ1v) is 7.47. The molecule has 0 saturated heterocycles. The van der Waals surface area contributed by atoms with E-state index in [-0.39, 0.29) is 11.5 Å². The number of halogens is 1. The maximum Gasteiger partial charge on any atom is 0.253 e. The van der Waals surface area contributed by atoms with Crippen molar-refractivity contribution in [3.63, 3.8) is 0 Å². The van der Waals surface area contributed by atoms with Gasteiger partial charge in [0.25, 0.3) is 5.91 Å². The summed E-state index contributed by atoms with van der Waals surface area (Å²) in [4.78, 5) is 13.0. The van der Waals surface area contributed by atoms with Crippen molar-refractivity contribution in [3.8, 4) is 0 Å². The number of primary sulfonamides is 1. The second-order valence-corrected chi connectivity index (χ2v) is 5.60. The van der Waals surface area contributed by atoms with Crippen molar-refractivity contribution in [1.29, 1.82) is 0 Å². The summed E-state index contributed by atoms with van der Waals surface area (Å²) in [5.74, 6) is -1.30. The Morgan fingerprint density at radius 3 is 2.47 bits per heavy atom. The average Bonchev–Trinajstić information content (AvgIpc) is 2.34. The van der Waals surface area contributed by atoms with Crippen molar-refractivity contribution < 1.29 is 17.6 Å². The number of benzene rings is 1. The van der Waals surface area contributed by atoms with Gasteiger partial charge in [-0.15, -0.1) is 0 Å². The molecule has 1 aromatic rings. The molecule has 0 heterocycles. The molecule has 0 aliphatic carbocycles. The van der Waals surface area contributed by atoms with Crippen molar-refractivity contribution in [2.24, 2.45) is 5.14 Å². The predicted octanol–water partition coefficient (Wildman–Crippen LogP) is 1.35. The normalized spacial score (nSPS) is 11.4. The van der Waals surface area contributed by atoms with Gasteiger partial charge in [-0.1, -0.05) is 6.92 Å². The van der Waals surface area contributed by atoms with Gasteiger partial charge in [0.15, 0.2) is 0 Å². The number of hydrogen-bond donors (Lipinski definition) is 1. The lowest BCUT2D eigenvalue weighted by atomic mass is 10.2. The van der Waals surface area contributed by atoms with Gasteiger partial charge in [-0.25, -0.2) is 17.9 Å². The monoisotopic (exact) mass is 288 g/mol. The van der Waals surface area contributed by atoms with E-state index in [4.69, 9.17) is 5.14 Å². The lowest BCUT2D eigenvalue weighted by Crippen LogP contribution is -2.31. The number of carbonyl (C=O) groups excluding carboxylic acids is 1. The highest BCUT2D eigenvalue weighted by Crippen LogP contribution is 2.16. The van der Waals surface area contributed by atoms with Gasteiger partial charge >= 0.3 is 0 Å². The van der Waals surface area contributed by atoms with Crippen LogP contribution in [-0.4, -0.2) is 32.3 Å². The van der Waals surface area contributed by atoms with Crippen LogP contribution in [0.3, 0.4) is 0 Å². The summed E-state index contributed by atoms with van der Waals surface area (Å²) < 4.78 is 35.8. The fourth-order valence-electron chi connectivity index (χ4n) is 1.71. The summed E-state index contributed by atoms with van der Waals surface area (Å²) in [5.41, 5.74) is 0.112. The molecule has 1 aromatic carbocycles. The molecule has 0 spiro atoms. The number of nitrogens with two attached hydrogens (primary N) is 1. The van der Waals surface area contributed by atoms with Gasteiger partial charge in [-0.3, -0.25) is 4.79 Å². The molecule has 19 heavy (non-hydrogen) atoms. The van der Waals surface area contributed by atoms with Crippen LogP contribution in [0, 0.1) is 5.82 Å². The van der Waals surface area contributed by atoms with Crippen LogP contribution >= 0.6 is 0 Å². The van der Waals surface area contributed by atoms with Crippen molar-refractivity contribution in [2.45, 2.75) is 25.2 Å². The summed E-state index contributed by atoms with van der Waals surface area (Å²) in [7, 11) is -4.18. The van der Waals surface area contributed by atoms with Gasteiger partial charge in [-0.05, 0) is 31.5 Å². The van der Waals surface area contributed by atoms with Crippen LogP contribution in [0.1, 0.15) is 30.6 Å². The minimum atomic E-state index is -4.18. The van der Waals surface area contributed by atoms with E-state index in [9.17, 15) is 17.6 Å². The highest BCUT2D eigenvalue weighted by Gasteiger charge is 2.19. The number of rotatable bonds is 5. The van der Waals surface area contributed by atoms with Crippen LogP contribution in [0.25, 0.3) is 0 Å². The number of carbonyl (C=O) groups is 1. The molecule has 0 radical (unpaired) electrons. The van der Waals surface area contributed by atoms with Crippen LogP contribution in [-0.2, 0) is 10.0 Å². The highest BCUT2D eigenvalue weighted by molar-refractivity contribution is 7.89. The zero-order valence-corrected chi connectivity index (χ0v) is 11.7. The van der Waals surface area contributed by atoms with Gasteiger partial charge < -0.3 is 4.90 Å². The summed E-state index contributed by atoms with van der Waals surface area (Å²) in [5, 5.41) is 4.90. The number of nitrogens with zero attached hydrogens (tertiary/aromatic N) is 1. The lowest BCUT2D eigenvalue weighted by Gasteiger charge is -2.20. The third-order valence-electron chi connectivity index (χ3n) is 2.65. The fourth-order valence-corrected chi connectivity index (χ4v) is 2.34. The molecule has 2 N–H and O–H groups in total. The SMILES string of the molecule is CCCN(CC)C(=O)c1ccc(F)c(S(N)(=O)=O)c1. The molecule has 0 saturated carbocycles. The molecular formula is C12H17FN2O3S. The lowest BCUT2D eigenvalue weighted by molar-refractivity contribution is 0.0764. The average molecular weight is 288 g/mol. The molecule has 5 nitrogen and oxygen atoms in total. The Kier molecular flexibility index (Phi) is 5.02. The maximum atomic E-state index is 13.4. The van der Waals surface area contributed by atoms with E-state index in [0.29, 0.717) is 13.1 Å². The van der Waals surface area contributed by atoms with E-state index in [1.165, 1.54) is 6.07 Å². The van der Waals surface area contributed by atoms with Crippen molar-refractivity contribution >= 4 is 15.9 Å². The molecule has 1 rings (SSSR count). The summed E-state index contributed by atoms with van der Waals surface area (Å²) in [6.45, 7) is 4.79. The summed E-state index contributed by atoms with van der Waals surface area (Å²) in [6, 6.07) is 3.17. The minimum absolute atomic E-state index is 0.112. The van der Waals surface area contributed by atoms with E-state index >= 15 is 0 Å². The van der Waals surface area contributed by atoms with Gasteiger partial charge in [-0.2, -0.15) is 0 Å². The van der Waals surface area contributed by atoms with E-state index < -0.39 is 20.7 Å². The standard InChI is InChI=1S/C12H17FN2O3S/c1-3-7-15(4-2)12(16)9-5-6-10(13)11(8-9)19(14,17)18/h5-6,8H,3-4,7H2,1-2H3,(H2,14,17,18). The molecule has 0 aliphatic heterocycles. The maximum absolute atomic E-state index is 13.4. The molecule has 0 unspecified atom stereocenters. The molecule has 1 amide bonds. The Hall–Kier alpha value is -1.47. The highest BCUT2D eigenvalue weighted by atomic mass is 32.2. The Balaban J connectivity index is 3.19. The zero-order chi connectivity index (χ0) is 14.6. The predicted molar refractivity (Wildman–Crippen MR) is 69.6 cm³/mol. The van der Waals surface area contributed by atoms with E-state index in [1.807, 2.05) is 13.8 Å². The third-order valence-corrected chi connectivity index (χ3v) is 3.57. The van der Waals surface area contributed by atoms with Crippen LogP contribution < -0.4 is 5.14 Å². The second-order valence-electron chi connectivity index (χ2n) is 4.08. The first-order chi connectivity index (χ1) is 8.81. The minimum Gasteiger partial charge on any atom is -0.339 e. The Bertz CT molecular complexity index is 572. The molecular weight excluding hydrogens is 271 g/mol. The number of amides is 1. The molecule has 7 heteroatoms. The smallest absolute Gasteiger partial charge is 0.253 e. The van der Waals surface area contributed by atoms with E-state index in [2.05, 4.69) is 0 Å². The number of sulfonamides is 1. The zero-order valence-electron chi connectivity index (χ0n) is 10.9. The molecule has 0 aromatic heterocycles. The third kappa shape index (κ3) is 3.74. The largest absolute Gasteiger partial charge is 0.339 e. The second kappa shape index (κ2) is 6.12. The van der Waals surface area contributed by atoms with E-state index in [0.717, 1.165) is 18.6 Å². The van der Waals surface area contributed by atoms with Gasteiger partial charge in [0.2, 0.25) is 10.0 Å². The van der Waals surface area contributed by atoms with Gasteiger partial charge in [0.05, 0.1) is 0 Å². The Morgan fingerprint density at radius 1 is 1.37 bits per heavy atom. The summed E-state index contributed by atoms with van der Waals surface area (Å²) >= 11 is 0.